The smallest absolute Gasteiger partial charge is 0.385 e. The molecule has 1 N–H and O–H groups in total. The largest absolute Gasteiger partial charge is 0.401 e. The van der Waals surface area contributed by atoms with Crippen LogP contribution in [0, 0.1) is 12.7 Å². The van der Waals surface area contributed by atoms with Gasteiger partial charge in [0.2, 0.25) is 11.9 Å². The van der Waals surface area contributed by atoms with Gasteiger partial charge in [-0.05, 0) is 37.6 Å². The average Bonchev–Trinajstić information content (AvgIpc) is 3.18. The fraction of sp³-hybridized carbons (Fsp3) is 0.368. The number of rotatable bonds is 5. The van der Waals surface area contributed by atoms with Crippen molar-refractivity contribution in [1.29, 1.82) is 0 Å². The summed E-state index contributed by atoms with van der Waals surface area (Å²) in [7, 11) is 3.12. The van der Waals surface area contributed by atoms with Crippen molar-refractivity contribution in [3.63, 3.8) is 0 Å². The Morgan fingerprint density at radius 3 is 2.61 bits per heavy atom. The number of halogens is 1. The molecule has 1 atom stereocenters. The minimum atomic E-state index is -0.597. The molecule has 2 aliphatic rings. The predicted octanol–water partition coefficient (Wildman–Crippen LogP) is 1.83. The first kappa shape index (κ1) is 18.1. The molecule has 1 aromatic heterocycles. The van der Waals surface area contributed by atoms with Gasteiger partial charge in [0.15, 0.2) is 0 Å². The molecule has 146 valence electrons. The Labute approximate surface area is 161 Å². The zero-order valence-electron chi connectivity index (χ0n) is 16.0. The number of fused-ring (bicyclic) bond motifs is 3. The van der Waals surface area contributed by atoms with Gasteiger partial charge in [-0.3, -0.25) is 14.6 Å². The van der Waals surface area contributed by atoms with Gasteiger partial charge in [-0.25, -0.2) is 18.3 Å². The molecule has 4 rings (SSSR count). The fourth-order valence-corrected chi connectivity index (χ4v) is 3.62. The van der Waals surface area contributed by atoms with Crippen LogP contribution in [-0.2, 0) is 11.3 Å². The van der Waals surface area contributed by atoms with Crippen LogP contribution in [0.25, 0.3) is 0 Å². The number of aliphatic imine (C=N–C) groups is 1. The van der Waals surface area contributed by atoms with Crippen LogP contribution in [0.2, 0.25) is 0 Å². The Kier molecular flexibility index (Phi) is 4.37. The Bertz CT molecular complexity index is 981. The van der Waals surface area contributed by atoms with Gasteiger partial charge < -0.3 is 5.32 Å². The molecule has 1 aromatic carbocycles. The maximum atomic E-state index is 13.0. The highest BCUT2D eigenvalue weighted by atomic mass is 19.1. The maximum absolute atomic E-state index is 13.0. The summed E-state index contributed by atoms with van der Waals surface area (Å²) < 4.78 is 16.8. The molecule has 1 fully saturated rings. The molecule has 0 aliphatic carbocycles. The predicted molar refractivity (Wildman–Crippen MR) is 101 cm³/mol. The number of hydrogen-bond donors (Lipinski definition) is 1. The highest BCUT2D eigenvalue weighted by Gasteiger charge is 2.52. The molecule has 1 unspecified atom stereocenters. The third kappa shape index (κ3) is 2.83. The number of aromatic nitrogens is 2. The average molecular weight is 385 g/mol. The molecular weight excluding hydrogens is 363 g/mol. The van der Waals surface area contributed by atoms with Gasteiger partial charge in [0.25, 0.3) is 5.91 Å². The van der Waals surface area contributed by atoms with Gasteiger partial charge in [0.1, 0.15) is 17.7 Å². The lowest BCUT2D eigenvalue weighted by molar-refractivity contribution is -0.677. The van der Waals surface area contributed by atoms with E-state index in [9.17, 15) is 14.0 Å². The van der Waals surface area contributed by atoms with Gasteiger partial charge in [-0.1, -0.05) is 4.99 Å². The third-order valence-corrected chi connectivity index (χ3v) is 5.18. The van der Waals surface area contributed by atoms with Gasteiger partial charge >= 0.3 is 12.0 Å². The van der Waals surface area contributed by atoms with Gasteiger partial charge in [0, 0.05) is 26.3 Å². The molecule has 0 spiro atoms. The zero-order chi connectivity index (χ0) is 20.0. The van der Waals surface area contributed by atoms with E-state index in [-0.39, 0.29) is 17.8 Å². The summed E-state index contributed by atoms with van der Waals surface area (Å²) in [5, 5.41) is 3.26. The quantitative estimate of drug-likeness (QED) is 0.630. The standard InChI is InChI=1S/C19H22FN6O2/c1-12-11-26-15-16(23(2)19(28)24(3)17(15)27)22-18(26)25(12)10-4-9-21-14-7-5-13(20)6-8-14/h5-8,11,15,21H,4,9-10H2,1-3H3/q+1. The molecule has 9 heteroatoms. The van der Waals surface area contributed by atoms with Gasteiger partial charge in [-0.2, -0.15) is 0 Å². The Morgan fingerprint density at radius 2 is 1.89 bits per heavy atom. The van der Waals surface area contributed by atoms with Crippen LogP contribution >= 0.6 is 0 Å². The minimum absolute atomic E-state index is 0.259. The normalized spacial score (nSPS) is 18.3. The molecule has 2 aromatic rings. The lowest BCUT2D eigenvalue weighted by Gasteiger charge is -2.30. The van der Waals surface area contributed by atoms with Crippen LogP contribution in [0.1, 0.15) is 18.2 Å². The lowest BCUT2D eigenvalue weighted by Crippen LogP contribution is -2.61. The lowest BCUT2D eigenvalue weighted by atomic mass is 10.2. The van der Waals surface area contributed by atoms with E-state index >= 15 is 0 Å². The number of urea groups is 1. The number of benzene rings is 1. The number of anilines is 1. The molecule has 0 radical (unpaired) electrons. The summed E-state index contributed by atoms with van der Waals surface area (Å²) in [5.74, 6) is 0.593. The summed E-state index contributed by atoms with van der Waals surface area (Å²) in [4.78, 5) is 31.9. The molecule has 3 heterocycles. The minimum Gasteiger partial charge on any atom is -0.385 e. The number of nitrogens with zero attached hydrogens (tertiary/aromatic N) is 5. The first-order chi connectivity index (χ1) is 13.4. The summed E-state index contributed by atoms with van der Waals surface area (Å²) in [6.07, 6.45) is 2.72. The number of amides is 3. The number of amidine groups is 1. The summed E-state index contributed by atoms with van der Waals surface area (Å²) in [5.41, 5.74) is 1.86. The van der Waals surface area contributed by atoms with Crippen LogP contribution < -0.4 is 9.88 Å². The third-order valence-electron chi connectivity index (χ3n) is 5.18. The highest BCUT2D eigenvalue weighted by molar-refractivity contribution is 6.18. The van der Waals surface area contributed by atoms with Crippen LogP contribution in [0.15, 0.2) is 35.5 Å². The van der Waals surface area contributed by atoms with Crippen LogP contribution in [0.4, 0.5) is 20.8 Å². The van der Waals surface area contributed by atoms with Crippen molar-refractivity contribution in [3.05, 3.63) is 42.0 Å². The topological polar surface area (TPSA) is 73.8 Å². The van der Waals surface area contributed by atoms with Crippen molar-refractivity contribution in [1.82, 2.24) is 14.4 Å². The number of hydrogen-bond acceptors (Lipinski definition) is 4. The maximum Gasteiger partial charge on any atom is 0.401 e. The number of aryl methyl sites for hydroxylation is 1. The molecule has 0 bridgehead atoms. The molecule has 3 amide bonds. The molecule has 2 aliphatic heterocycles. The number of imide groups is 1. The van der Waals surface area contributed by atoms with Crippen molar-refractivity contribution >= 4 is 29.4 Å². The Balaban J connectivity index is 1.49. The summed E-state index contributed by atoms with van der Waals surface area (Å²) in [6.45, 7) is 3.39. The highest BCUT2D eigenvalue weighted by Crippen LogP contribution is 2.28. The summed E-state index contributed by atoms with van der Waals surface area (Å²) in [6, 6.07) is 5.28. The number of imidazole rings is 1. The van der Waals surface area contributed by atoms with E-state index in [1.807, 2.05) is 22.3 Å². The van der Waals surface area contributed by atoms with Crippen molar-refractivity contribution in [2.45, 2.75) is 25.9 Å². The van der Waals surface area contributed by atoms with E-state index < -0.39 is 6.04 Å². The summed E-state index contributed by atoms with van der Waals surface area (Å²) >= 11 is 0. The number of nitrogens with one attached hydrogen (secondary N) is 1. The van der Waals surface area contributed by atoms with Crippen molar-refractivity contribution < 1.29 is 18.5 Å². The van der Waals surface area contributed by atoms with E-state index in [1.165, 1.54) is 24.1 Å². The number of likely N-dealkylation sites (N-methyl/N-ethyl adjacent to an activating group) is 2. The first-order valence-electron chi connectivity index (χ1n) is 9.13. The van der Waals surface area contributed by atoms with Crippen LogP contribution in [-0.4, -0.2) is 52.8 Å². The second-order valence-electron chi connectivity index (χ2n) is 7.03. The number of carbonyl (C=O) groups excluding carboxylic acids is 2. The Morgan fingerprint density at radius 1 is 1.18 bits per heavy atom. The fourth-order valence-electron chi connectivity index (χ4n) is 3.62. The second kappa shape index (κ2) is 6.74. The Hall–Kier alpha value is -3.23. The van der Waals surface area contributed by atoms with Crippen molar-refractivity contribution in [2.24, 2.45) is 4.99 Å². The SMILES string of the molecule is Cc1c[n+]2c(n1CCCNc1ccc(F)cc1)N=C1C2C(=O)N(C)C(=O)N1C. The number of carbonyl (C=O) groups is 2. The molecular formula is C19H22FN6O2+. The van der Waals surface area contributed by atoms with E-state index in [0.717, 1.165) is 22.7 Å². The van der Waals surface area contributed by atoms with Crippen molar-refractivity contribution in [3.8, 4) is 0 Å². The van der Waals surface area contributed by atoms with Gasteiger partial charge in [0.05, 0.1) is 6.54 Å². The van der Waals surface area contributed by atoms with E-state index in [2.05, 4.69) is 10.3 Å². The molecule has 0 saturated carbocycles. The zero-order valence-corrected chi connectivity index (χ0v) is 16.0. The van der Waals surface area contributed by atoms with E-state index in [4.69, 9.17) is 0 Å². The monoisotopic (exact) mass is 385 g/mol. The molecule has 8 nitrogen and oxygen atoms in total. The van der Waals surface area contributed by atoms with Crippen LogP contribution in [0.3, 0.4) is 0 Å². The van der Waals surface area contributed by atoms with Gasteiger partial charge in [-0.15, -0.1) is 0 Å². The van der Waals surface area contributed by atoms with Crippen LogP contribution in [0.5, 0.6) is 0 Å². The second-order valence-corrected chi connectivity index (χ2v) is 7.03. The molecule has 28 heavy (non-hydrogen) atoms. The first-order valence-corrected chi connectivity index (χ1v) is 9.13. The van der Waals surface area contributed by atoms with Crippen molar-refractivity contribution in [2.75, 3.05) is 26.0 Å². The molecule has 1 saturated heterocycles. The van der Waals surface area contributed by atoms with E-state index in [0.29, 0.717) is 24.9 Å². The van der Waals surface area contributed by atoms with E-state index in [1.54, 1.807) is 19.2 Å².